The highest BCUT2D eigenvalue weighted by Gasteiger charge is 2.28. The van der Waals surface area contributed by atoms with Gasteiger partial charge in [-0.1, -0.05) is 18.2 Å². The van der Waals surface area contributed by atoms with Crippen LogP contribution in [-0.2, 0) is 10.0 Å². The van der Waals surface area contributed by atoms with Crippen molar-refractivity contribution in [2.45, 2.75) is 24.8 Å². The predicted molar refractivity (Wildman–Crippen MR) is 116 cm³/mol. The van der Waals surface area contributed by atoms with E-state index >= 15 is 0 Å². The quantitative estimate of drug-likeness (QED) is 0.760. The Labute approximate surface area is 178 Å². The van der Waals surface area contributed by atoms with Gasteiger partial charge in [0.2, 0.25) is 10.0 Å². The van der Waals surface area contributed by atoms with Crippen molar-refractivity contribution in [3.8, 4) is 5.75 Å². The molecule has 0 radical (unpaired) electrons. The number of hydrogen-bond donors (Lipinski definition) is 1. The monoisotopic (exact) mass is 431 g/mol. The minimum atomic E-state index is -3.63. The molecule has 0 aromatic heterocycles. The lowest BCUT2D eigenvalue weighted by Gasteiger charge is -2.31. The zero-order chi connectivity index (χ0) is 21.9. The fourth-order valence-corrected chi connectivity index (χ4v) is 4.88. The highest BCUT2D eigenvalue weighted by atomic mass is 32.2. The standard InChI is InChI=1S/C22H29N3O4S/c1-16-5-10-20(30(27,28)25-13-11-24(3)12-14-25)15-21(16)22(26)23-17(2)18-6-8-19(29-4)9-7-18/h5-10,15,17H,11-14H2,1-4H3,(H,23,26)/t17-/m1/s1. The molecule has 8 heteroatoms. The third kappa shape index (κ3) is 4.83. The van der Waals surface area contributed by atoms with Crippen LogP contribution >= 0.6 is 0 Å². The summed E-state index contributed by atoms with van der Waals surface area (Å²) in [5, 5.41) is 2.96. The molecule has 1 heterocycles. The van der Waals surface area contributed by atoms with Crippen molar-refractivity contribution in [1.29, 1.82) is 0 Å². The molecule has 1 fully saturated rings. The highest BCUT2D eigenvalue weighted by molar-refractivity contribution is 7.89. The van der Waals surface area contributed by atoms with Crippen molar-refractivity contribution >= 4 is 15.9 Å². The molecule has 7 nitrogen and oxygen atoms in total. The van der Waals surface area contributed by atoms with E-state index in [1.807, 2.05) is 38.2 Å². The van der Waals surface area contributed by atoms with E-state index in [9.17, 15) is 13.2 Å². The Morgan fingerprint density at radius 1 is 1.07 bits per heavy atom. The van der Waals surface area contributed by atoms with Crippen LogP contribution in [0.25, 0.3) is 0 Å². The lowest BCUT2D eigenvalue weighted by Crippen LogP contribution is -2.47. The summed E-state index contributed by atoms with van der Waals surface area (Å²) in [7, 11) is -0.0560. The fourth-order valence-electron chi connectivity index (χ4n) is 3.43. The molecule has 3 rings (SSSR count). The smallest absolute Gasteiger partial charge is 0.252 e. The Hall–Kier alpha value is -2.42. The van der Waals surface area contributed by atoms with Gasteiger partial charge in [0.15, 0.2) is 0 Å². The molecule has 0 unspecified atom stereocenters. The molecule has 2 aromatic carbocycles. The zero-order valence-corrected chi connectivity index (χ0v) is 18.7. The average molecular weight is 432 g/mol. The summed E-state index contributed by atoms with van der Waals surface area (Å²) in [6.45, 7) is 5.97. The van der Waals surface area contributed by atoms with E-state index in [1.165, 1.54) is 10.4 Å². The average Bonchev–Trinajstić information content (AvgIpc) is 2.74. The van der Waals surface area contributed by atoms with Gasteiger partial charge < -0.3 is 15.0 Å². The van der Waals surface area contributed by atoms with Gasteiger partial charge in [-0.3, -0.25) is 4.79 Å². The van der Waals surface area contributed by atoms with Crippen molar-refractivity contribution in [2.24, 2.45) is 0 Å². The Morgan fingerprint density at radius 3 is 2.30 bits per heavy atom. The van der Waals surface area contributed by atoms with Gasteiger partial charge in [-0.2, -0.15) is 4.31 Å². The topological polar surface area (TPSA) is 78.9 Å². The van der Waals surface area contributed by atoms with Crippen molar-refractivity contribution in [3.05, 3.63) is 59.2 Å². The second kappa shape index (κ2) is 9.16. The van der Waals surface area contributed by atoms with Gasteiger partial charge in [0, 0.05) is 31.7 Å². The van der Waals surface area contributed by atoms with Crippen LogP contribution in [0, 0.1) is 6.92 Å². The molecule has 1 saturated heterocycles. The van der Waals surface area contributed by atoms with Crippen LogP contribution in [0.1, 0.15) is 34.5 Å². The summed E-state index contributed by atoms with van der Waals surface area (Å²) in [6, 6.07) is 12.0. The largest absolute Gasteiger partial charge is 0.497 e. The number of amides is 1. The molecule has 0 saturated carbocycles. The number of rotatable bonds is 6. The number of sulfonamides is 1. The van der Waals surface area contributed by atoms with E-state index in [4.69, 9.17) is 4.74 Å². The Kier molecular flexibility index (Phi) is 6.80. The van der Waals surface area contributed by atoms with Crippen molar-refractivity contribution in [1.82, 2.24) is 14.5 Å². The van der Waals surface area contributed by atoms with E-state index in [0.717, 1.165) is 16.9 Å². The third-order valence-electron chi connectivity index (χ3n) is 5.52. The number of nitrogens with zero attached hydrogens (tertiary/aromatic N) is 2. The van der Waals surface area contributed by atoms with Gasteiger partial charge in [-0.15, -0.1) is 0 Å². The van der Waals surface area contributed by atoms with Crippen LogP contribution in [0.4, 0.5) is 0 Å². The van der Waals surface area contributed by atoms with Crippen LogP contribution in [0.15, 0.2) is 47.4 Å². The van der Waals surface area contributed by atoms with Gasteiger partial charge in [-0.05, 0) is 56.3 Å². The number of carbonyl (C=O) groups is 1. The maximum atomic E-state index is 13.0. The van der Waals surface area contributed by atoms with E-state index < -0.39 is 10.0 Å². The zero-order valence-electron chi connectivity index (χ0n) is 17.9. The first kappa shape index (κ1) is 22.3. The van der Waals surface area contributed by atoms with E-state index in [2.05, 4.69) is 10.2 Å². The summed E-state index contributed by atoms with van der Waals surface area (Å²) < 4.78 is 32.7. The second-order valence-electron chi connectivity index (χ2n) is 7.65. The van der Waals surface area contributed by atoms with E-state index in [-0.39, 0.29) is 16.8 Å². The van der Waals surface area contributed by atoms with Crippen LogP contribution in [0.2, 0.25) is 0 Å². The molecule has 1 aliphatic rings. The van der Waals surface area contributed by atoms with Crippen LogP contribution in [0.3, 0.4) is 0 Å². The summed E-state index contributed by atoms with van der Waals surface area (Å²) in [4.78, 5) is 15.2. The Morgan fingerprint density at radius 2 is 1.70 bits per heavy atom. The first-order chi connectivity index (χ1) is 14.2. The number of benzene rings is 2. The number of hydrogen-bond acceptors (Lipinski definition) is 5. The molecule has 2 aromatic rings. The first-order valence-corrected chi connectivity index (χ1v) is 11.4. The number of likely N-dealkylation sites (N-methyl/N-ethyl adjacent to an activating group) is 1. The van der Waals surface area contributed by atoms with Crippen molar-refractivity contribution < 1.29 is 17.9 Å². The maximum absolute atomic E-state index is 13.0. The SMILES string of the molecule is COc1ccc([C@@H](C)NC(=O)c2cc(S(=O)(=O)N3CCN(C)CC3)ccc2C)cc1. The van der Waals surface area contributed by atoms with Crippen LogP contribution < -0.4 is 10.1 Å². The first-order valence-electron chi connectivity index (χ1n) is 9.96. The maximum Gasteiger partial charge on any atom is 0.252 e. The molecule has 1 atom stereocenters. The summed E-state index contributed by atoms with van der Waals surface area (Å²) in [6.07, 6.45) is 0. The number of ether oxygens (including phenoxy) is 1. The molecule has 0 bridgehead atoms. The van der Waals surface area contributed by atoms with Gasteiger partial charge in [0.25, 0.3) is 5.91 Å². The van der Waals surface area contributed by atoms with E-state index in [0.29, 0.717) is 31.7 Å². The normalized spacial score (nSPS) is 16.8. The summed E-state index contributed by atoms with van der Waals surface area (Å²) in [5.74, 6) is 0.446. The molecule has 1 N–H and O–H groups in total. The van der Waals surface area contributed by atoms with Gasteiger partial charge >= 0.3 is 0 Å². The lowest BCUT2D eigenvalue weighted by atomic mass is 10.1. The molecular weight excluding hydrogens is 402 g/mol. The number of methoxy groups -OCH3 is 1. The fraction of sp³-hybridized carbons (Fsp3) is 0.409. The number of carbonyl (C=O) groups excluding carboxylic acids is 1. The predicted octanol–water partition coefficient (Wildman–Crippen LogP) is 2.43. The van der Waals surface area contributed by atoms with Crippen LogP contribution in [0.5, 0.6) is 5.75 Å². The third-order valence-corrected chi connectivity index (χ3v) is 7.41. The summed E-state index contributed by atoms with van der Waals surface area (Å²) >= 11 is 0. The molecule has 1 aliphatic heterocycles. The number of piperazine rings is 1. The Balaban J connectivity index is 1.79. The minimum absolute atomic E-state index is 0.153. The number of aryl methyl sites for hydroxylation is 1. The minimum Gasteiger partial charge on any atom is -0.497 e. The van der Waals surface area contributed by atoms with Gasteiger partial charge in [0.1, 0.15) is 5.75 Å². The van der Waals surface area contributed by atoms with Crippen LogP contribution in [-0.4, -0.2) is 63.9 Å². The lowest BCUT2D eigenvalue weighted by molar-refractivity contribution is 0.0939. The van der Waals surface area contributed by atoms with Crippen molar-refractivity contribution in [2.75, 3.05) is 40.3 Å². The molecule has 30 heavy (non-hydrogen) atoms. The molecule has 0 spiro atoms. The molecular formula is C22H29N3O4S. The second-order valence-corrected chi connectivity index (χ2v) is 9.59. The van der Waals surface area contributed by atoms with Gasteiger partial charge in [0.05, 0.1) is 18.0 Å². The van der Waals surface area contributed by atoms with E-state index in [1.54, 1.807) is 26.2 Å². The molecule has 0 aliphatic carbocycles. The highest BCUT2D eigenvalue weighted by Crippen LogP contribution is 2.22. The van der Waals surface area contributed by atoms with Gasteiger partial charge in [-0.25, -0.2) is 8.42 Å². The number of nitrogens with one attached hydrogen (secondary N) is 1. The van der Waals surface area contributed by atoms with Crippen molar-refractivity contribution in [3.63, 3.8) is 0 Å². The molecule has 162 valence electrons. The summed E-state index contributed by atoms with van der Waals surface area (Å²) in [5.41, 5.74) is 2.03. The molecule has 1 amide bonds. The Bertz CT molecular complexity index is 998.